The Balaban J connectivity index is 2.08. The summed E-state index contributed by atoms with van der Waals surface area (Å²) in [5.41, 5.74) is 1.11. The maximum atomic E-state index is 6.10. The van der Waals surface area contributed by atoms with Gasteiger partial charge in [0.2, 0.25) is 0 Å². The van der Waals surface area contributed by atoms with Crippen molar-refractivity contribution in [2.75, 3.05) is 13.7 Å². The highest BCUT2D eigenvalue weighted by atomic mass is 31.0. The van der Waals surface area contributed by atoms with Crippen LogP contribution in [0.2, 0.25) is 6.82 Å². The van der Waals surface area contributed by atoms with Crippen molar-refractivity contribution in [3.8, 4) is 0 Å². The van der Waals surface area contributed by atoms with Gasteiger partial charge in [-0.05, 0) is 5.56 Å². The Kier molecular flexibility index (Phi) is 9.61. The van der Waals surface area contributed by atoms with E-state index in [2.05, 4.69) is 18.2 Å². The Morgan fingerprint density at radius 3 is 2.42 bits per heavy atom. The summed E-state index contributed by atoms with van der Waals surface area (Å²) in [6.45, 7) is 4.29. The molecule has 0 aromatic heterocycles. The topological polar surface area (TPSA) is 46.2 Å². The first-order valence-corrected chi connectivity index (χ1v) is 10.1. The van der Waals surface area contributed by atoms with Crippen molar-refractivity contribution < 1.29 is 23.5 Å². The lowest BCUT2D eigenvalue weighted by Crippen LogP contribution is -2.59. The van der Waals surface area contributed by atoms with Crippen LogP contribution in [-0.2, 0) is 30.1 Å². The second kappa shape index (κ2) is 11.2. The van der Waals surface area contributed by atoms with Crippen LogP contribution in [0.5, 0.6) is 0 Å². The Morgan fingerprint density at radius 2 is 1.85 bits per heavy atom. The molecule has 140 valence electrons. The fraction of sp³-hybridized carbons (Fsp3) is 0.625. The largest absolute Gasteiger partial charge is 0.435 e. The smallest absolute Gasteiger partial charge is 0.312 e. The third-order valence-corrected chi connectivity index (χ3v) is 4.57. The molecule has 1 saturated heterocycles. The highest BCUT2D eigenvalue weighted by Gasteiger charge is 2.46. The van der Waals surface area contributed by atoms with Gasteiger partial charge in [-0.3, -0.25) is 0 Å². The molecular weight excluding hydrogens is 367 g/mol. The lowest BCUT2D eigenvalue weighted by Gasteiger charge is -2.46. The minimum Gasteiger partial charge on any atom is -0.435 e. The fourth-order valence-electron chi connectivity index (χ4n) is 3.11. The van der Waals surface area contributed by atoms with Crippen LogP contribution in [-0.4, -0.2) is 59.2 Å². The van der Waals surface area contributed by atoms with Crippen molar-refractivity contribution in [1.29, 1.82) is 0 Å². The number of hydrogen-bond acceptors (Lipinski definition) is 5. The summed E-state index contributed by atoms with van der Waals surface area (Å²) in [6.07, 6.45) is -1.31. The monoisotopic (exact) mass is 394 g/mol. The summed E-state index contributed by atoms with van der Waals surface area (Å²) < 4.78 is 29.5. The van der Waals surface area contributed by atoms with Crippen LogP contribution in [0.25, 0.3) is 0 Å². The molecule has 26 heavy (non-hydrogen) atoms. The van der Waals surface area contributed by atoms with E-state index in [1.54, 1.807) is 7.11 Å². The van der Waals surface area contributed by atoms with Crippen LogP contribution >= 0.6 is 18.2 Å². The van der Waals surface area contributed by atoms with Crippen molar-refractivity contribution in [1.82, 2.24) is 0 Å². The maximum absolute atomic E-state index is 6.10. The molecule has 0 aliphatic carbocycles. The predicted octanol–water partition coefficient (Wildman–Crippen LogP) is 2.00. The third-order valence-electron chi connectivity index (χ3n) is 4.26. The van der Waals surface area contributed by atoms with Gasteiger partial charge in [0, 0.05) is 13.0 Å². The average molecular weight is 394 g/mol. The van der Waals surface area contributed by atoms with Crippen LogP contribution in [0, 0.1) is 5.92 Å². The first-order chi connectivity index (χ1) is 12.4. The molecule has 1 aromatic rings. The zero-order valence-electron chi connectivity index (χ0n) is 15.6. The zero-order chi connectivity index (χ0) is 19.1. The van der Waals surface area contributed by atoms with E-state index in [0.29, 0.717) is 13.2 Å². The molecule has 1 aliphatic rings. The van der Waals surface area contributed by atoms with Gasteiger partial charge in [0.05, 0.1) is 33.2 Å². The molecule has 5 nitrogen and oxygen atoms in total. The molecule has 7 atom stereocenters. The molecule has 0 N–H and O–H groups in total. The van der Waals surface area contributed by atoms with Gasteiger partial charge in [0.1, 0.15) is 6.10 Å². The van der Waals surface area contributed by atoms with Crippen LogP contribution < -0.4 is 0 Å². The van der Waals surface area contributed by atoms with Gasteiger partial charge in [-0.1, -0.05) is 44.1 Å². The van der Waals surface area contributed by atoms with E-state index in [-0.39, 0.29) is 30.9 Å². The van der Waals surface area contributed by atoms with Gasteiger partial charge in [-0.2, -0.15) is 0 Å². The van der Waals surface area contributed by atoms with Gasteiger partial charge in [0.15, 0.2) is 6.29 Å². The number of ether oxygens (including phenoxy) is 3. The number of benzene rings is 1. The first kappa shape index (κ1) is 22.4. The summed E-state index contributed by atoms with van der Waals surface area (Å²) in [6, 6.07) is 10.0. The molecule has 2 rings (SSSR count). The quantitative estimate of drug-likeness (QED) is 0.474. The molecule has 0 amide bonds. The minimum atomic E-state index is -0.491. The lowest BCUT2D eigenvalue weighted by atomic mass is 9.69. The maximum Gasteiger partial charge on any atom is 0.312 e. The third kappa shape index (κ3) is 6.60. The first-order valence-electron chi connectivity index (χ1n) is 8.80. The Bertz CT molecular complexity index is 526. The number of rotatable bonds is 9. The van der Waals surface area contributed by atoms with E-state index in [0.717, 1.165) is 5.56 Å². The van der Waals surface area contributed by atoms with E-state index in [1.165, 1.54) is 0 Å². The summed E-state index contributed by atoms with van der Waals surface area (Å²) in [4.78, 5) is 0. The van der Waals surface area contributed by atoms with E-state index in [1.807, 2.05) is 44.1 Å². The fourth-order valence-corrected chi connectivity index (χ4v) is 3.47. The van der Waals surface area contributed by atoms with Crippen LogP contribution in [0.4, 0.5) is 0 Å². The molecule has 1 fully saturated rings. The minimum absolute atomic E-state index is 0.0364. The van der Waals surface area contributed by atoms with Gasteiger partial charge in [-0.25, -0.2) is 0 Å². The highest BCUT2D eigenvalue weighted by molar-refractivity contribution is 7.70. The average Bonchev–Trinajstić information content (AvgIpc) is 2.60. The standard InChI is InChI=1S/C16H27B3O5P2/c1-11-14(24-19(17)26)15(23-18(2)25)13(22-16(11)20-3)10-21-9-12-7-5-4-6-8-12/h4-8,11,13-16H,9-10,25-26H2,1-3H3/t11?,13?,14-,15-,16-/m1/s1. The normalized spacial score (nSPS) is 28.7. The Labute approximate surface area is 163 Å². The Hall–Kier alpha value is 0.0748. The number of hydrogen-bond donors (Lipinski definition) is 0. The van der Waals surface area contributed by atoms with Gasteiger partial charge >= 0.3 is 6.64 Å². The van der Waals surface area contributed by atoms with E-state index >= 15 is 0 Å². The van der Waals surface area contributed by atoms with E-state index in [4.69, 9.17) is 31.3 Å². The Morgan fingerprint density at radius 1 is 1.15 bits per heavy atom. The molecule has 4 unspecified atom stereocenters. The van der Waals surface area contributed by atoms with Crippen molar-refractivity contribution in [2.45, 2.75) is 45.0 Å². The van der Waals surface area contributed by atoms with Crippen molar-refractivity contribution in [3.05, 3.63) is 35.9 Å². The molecule has 10 heteroatoms. The zero-order valence-corrected chi connectivity index (χ0v) is 17.9. The van der Waals surface area contributed by atoms with Crippen LogP contribution in [0.1, 0.15) is 12.5 Å². The van der Waals surface area contributed by atoms with Crippen LogP contribution in [0.15, 0.2) is 30.3 Å². The SMILES string of the molecule is [B]B(P)O[C@@H]1C(C)[C@H](OC)OC(COCc2ccccc2)[C@H]1OB(C)P. The molecule has 1 heterocycles. The van der Waals surface area contributed by atoms with Crippen LogP contribution in [0.3, 0.4) is 0 Å². The second-order valence-corrected chi connectivity index (χ2v) is 8.11. The van der Waals surface area contributed by atoms with Crippen molar-refractivity contribution in [3.63, 3.8) is 0 Å². The van der Waals surface area contributed by atoms with Gasteiger partial charge in [0.25, 0.3) is 6.53 Å². The molecule has 1 aromatic carbocycles. The highest BCUT2D eigenvalue weighted by Crippen LogP contribution is 2.32. The van der Waals surface area contributed by atoms with E-state index in [9.17, 15) is 0 Å². The molecule has 0 bridgehead atoms. The van der Waals surface area contributed by atoms with Gasteiger partial charge < -0.3 is 23.5 Å². The summed E-state index contributed by atoms with van der Waals surface area (Å²) >= 11 is 0. The summed E-state index contributed by atoms with van der Waals surface area (Å²) in [5, 5.41) is 0. The van der Waals surface area contributed by atoms with E-state index < -0.39 is 12.8 Å². The van der Waals surface area contributed by atoms with Crippen molar-refractivity contribution in [2.24, 2.45) is 5.92 Å². The number of methoxy groups -OCH3 is 1. The molecule has 0 saturated carbocycles. The lowest BCUT2D eigenvalue weighted by molar-refractivity contribution is -0.269. The van der Waals surface area contributed by atoms with Gasteiger partial charge in [-0.15, -0.1) is 18.2 Å². The summed E-state index contributed by atoms with van der Waals surface area (Å²) in [7, 11) is 12.6. The summed E-state index contributed by atoms with van der Waals surface area (Å²) in [5.74, 6) is -0.0364. The molecular formula is C16H27B3O5P2. The predicted molar refractivity (Wildman–Crippen MR) is 113 cm³/mol. The van der Waals surface area contributed by atoms with Crippen molar-refractivity contribution >= 4 is 39.1 Å². The molecule has 1 aliphatic heterocycles. The molecule has 2 radical (unpaired) electrons. The molecule has 0 spiro atoms. The second-order valence-electron chi connectivity index (χ2n) is 6.51.